The first kappa shape index (κ1) is 19.7. The van der Waals surface area contributed by atoms with E-state index >= 15 is 0 Å². The normalized spacial score (nSPS) is 11.1. The molecule has 4 aromatic heterocycles. The van der Waals surface area contributed by atoms with E-state index < -0.39 is 0 Å². The molecule has 0 aliphatic rings. The van der Waals surface area contributed by atoms with Crippen molar-refractivity contribution in [2.75, 3.05) is 5.75 Å². The van der Waals surface area contributed by atoms with Crippen molar-refractivity contribution >= 4 is 23.1 Å². The Bertz CT molecular complexity index is 1240. The van der Waals surface area contributed by atoms with Gasteiger partial charge in [0.15, 0.2) is 11.0 Å². The Kier molecular flexibility index (Phi) is 5.85. The predicted molar refractivity (Wildman–Crippen MR) is 121 cm³/mol. The van der Waals surface area contributed by atoms with Crippen LogP contribution in [0.15, 0.2) is 82.1 Å². The van der Waals surface area contributed by atoms with Gasteiger partial charge in [-0.3, -0.25) is 9.55 Å². The topological polar surface area (TPSA) is 82.5 Å². The summed E-state index contributed by atoms with van der Waals surface area (Å²) in [7, 11) is 0. The maximum atomic E-state index is 5.39. The molecule has 4 heterocycles. The Balaban J connectivity index is 1.27. The van der Waals surface area contributed by atoms with Crippen molar-refractivity contribution < 1.29 is 4.52 Å². The molecule has 5 aromatic rings. The van der Waals surface area contributed by atoms with E-state index in [0.29, 0.717) is 18.1 Å². The highest BCUT2D eigenvalue weighted by Crippen LogP contribution is 2.30. The van der Waals surface area contributed by atoms with E-state index in [2.05, 4.69) is 53.5 Å². The molecule has 0 saturated heterocycles. The number of pyridine rings is 1. The van der Waals surface area contributed by atoms with Crippen LogP contribution >= 0.6 is 23.1 Å². The summed E-state index contributed by atoms with van der Waals surface area (Å²) in [6.45, 7) is 0. The summed E-state index contributed by atoms with van der Waals surface area (Å²) >= 11 is 3.34. The maximum absolute atomic E-state index is 5.39. The number of benzene rings is 1. The number of aryl methyl sites for hydroxylation is 1. The van der Waals surface area contributed by atoms with Gasteiger partial charge in [-0.2, -0.15) is 4.98 Å². The fourth-order valence-electron chi connectivity index (χ4n) is 3.10. The summed E-state index contributed by atoms with van der Waals surface area (Å²) < 4.78 is 7.51. The SMILES string of the molecule is c1ccc(-n2c(SCCCc3nc(-c4ccncc4)no3)nnc2-c2cccs2)cc1. The van der Waals surface area contributed by atoms with Crippen LogP contribution in [0.5, 0.6) is 0 Å². The molecule has 0 amide bonds. The van der Waals surface area contributed by atoms with Gasteiger partial charge in [-0.05, 0) is 42.1 Å². The summed E-state index contributed by atoms with van der Waals surface area (Å²) in [6, 6.07) is 18.0. The number of para-hydroxylation sites is 1. The van der Waals surface area contributed by atoms with Crippen molar-refractivity contribution in [3.8, 4) is 27.8 Å². The first-order chi connectivity index (χ1) is 15.4. The number of thiophene rings is 1. The summed E-state index contributed by atoms with van der Waals surface area (Å²) in [5.74, 6) is 2.95. The zero-order valence-electron chi connectivity index (χ0n) is 16.5. The Morgan fingerprint density at radius 3 is 2.65 bits per heavy atom. The number of aromatic nitrogens is 6. The van der Waals surface area contributed by atoms with Crippen LogP contribution < -0.4 is 0 Å². The zero-order chi connectivity index (χ0) is 20.9. The van der Waals surface area contributed by atoms with Gasteiger partial charge < -0.3 is 4.52 Å². The third-order valence-electron chi connectivity index (χ3n) is 4.56. The fourth-order valence-corrected chi connectivity index (χ4v) is 4.69. The van der Waals surface area contributed by atoms with E-state index in [1.54, 1.807) is 35.5 Å². The van der Waals surface area contributed by atoms with Crippen molar-refractivity contribution in [2.45, 2.75) is 18.0 Å². The molecule has 154 valence electrons. The fraction of sp³-hybridized carbons (Fsp3) is 0.136. The first-order valence-electron chi connectivity index (χ1n) is 9.79. The van der Waals surface area contributed by atoms with Crippen LogP contribution in [0.4, 0.5) is 0 Å². The van der Waals surface area contributed by atoms with Crippen LogP contribution in [0.1, 0.15) is 12.3 Å². The van der Waals surface area contributed by atoms with Gasteiger partial charge in [0.2, 0.25) is 11.7 Å². The average molecular weight is 447 g/mol. The highest BCUT2D eigenvalue weighted by Gasteiger charge is 2.17. The van der Waals surface area contributed by atoms with Gasteiger partial charge in [-0.25, -0.2) is 0 Å². The number of hydrogen-bond acceptors (Lipinski definition) is 8. The number of thioether (sulfide) groups is 1. The molecule has 9 heteroatoms. The Labute approximate surface area is 187 Å². The first-order valence-corrected chi connectivity index (χ1v) is 11.7. The monoisotopic (exact) mass is 446 g/mol. The number of nitrogens with zero attached hydrogens (tertiary/aromatic N) is 6. The summed E-state index contributed by atoms with van der Waals surface area (Å²) in [5, 5.41) is 15.9. The number of hydrogen-bond donors (Lipinski definition) is 0. The number of rotatable bonds is 8. The second-order valence-corrected chi connectivity index (χ2v) is 8.66. The molecule has 0 atom stereocenters. The summed E-state index contributed by atoms with van der Waals surface area (Å²) in [4.78, 5) is 9.59. The molecular weight excluding hydrogens is 428 g/mol. The molecular formula is C22H18N6OS2. The van der Waals surface area contributed by atoms with Crippen molar-refractivity contribution in [3.63, 3.8) is 0 Å². The molecule has 0 fully saturated rings. The lowest BCUT2D eigenvalue weighted by Gasteiger charge is -2.09. The molecule has 0 aliphatic heterocycles. The van der Waals surface area contributed by atoms with Gasteiger partial charge in [-0.1, -0.05) is 41.2 Å². The van der Waals surface area contributed by atoms with Crippen LogP contribution in [0.2, 0.25) is 0 Å². The molecule has 0 unspecified atom stereocenters. The van der Waals surface area contributed by atoms with E-state index in [-0.39, 0.29) is 0 Å². The minimum absolute atomic E-state index is 0.592. The van der Waals surface area contributed by atoms with E-state index in [4.69, 9.17) is 4.52 Å². The Morgan fingerprint density at radius 1 is 0.968 bits per heavy atom. The minimum atomic E-state index is 0.592. The Morgan fingerprint density at radius 2 is 1.84 bits per heavy atom. The highest BCUT2D eigenvalue weighted by atomic mass is 32.2. The predicted octanol–water partition coefficient (Wildman–Crippen LogP) is 5.17. The Hall–Kier alpha value is -3.30. The molecule has 31 heavy (non-hydrogen) atoms. The molecule has 0 N–H and O–H groups in total. The second kappa shape index (κ2) is 9.23. The maximum Gasteiger partial charge on any atom is 0.226 e. The lowest BCUT2D eigenvalue weighted by molar-refractivity contribution is 0.378. The van der Waals surface area contributed by atoms with Gasteiger partial charge in [0, 0.05) is 35.8 Å². The van der Waals surface area contributed by atoms with Gasteiger partial charge >= 0.3 is 0 Å². The third kappa shape index (κ3) is 4.42. The van der Waals surface area contributed by atoms with Gasteiger partial charge in [0.1, 0.15) is 0 Å². The van der Waals surface area contributed by atoms with Gasteiger partial charge in [-0.15, -0.1) is 21.5 Å². The van der Waals surface area contributed by atoms with Crippen LogP contribution in [0, 0.1) is 0 Å². The van der Waals surface area contributed by atoms with Crippen LogP contribution in [-0.2, 0) is 6.42 Å². The summed E-state index contributed by atoms with van der Waals surface area (Å²) in [6.07, 6.45) is 5.03. The molecule has 0 radical (unpaired) electrons. The molecule has 0 bridgehead atoms. The largest absolute Gasteiger partial charge is 0.339 e. The average Bonchev–Trinajstić information content (AvgIpc) is 3.59. The lowest BCUT2D eigenvalue weighted by Crippen LogP contribution is -1.99. The zero-order valence-corrected chi connectivity index (χ0v) is 18.1. The van der Waals surface area contributed by atoms with Crippen molar-refractivity contribution in [3.05, 3.63) is 78.3 Å². The van der Waals surface area contributed by atoms with E-state index in [1.807, 2.05) is 36.4 Å². The molecule has 0 aliphatic carbocycles. The van der Waals surface area contributed by atoms with Gasteiger partial charge in [0.25, 0.3) is 0 Å². The third-order valence-corrected chi connectivity index (χ3v) is 6.44. The van der Waals surface area contributed by atoms with E-state index in [1.165, 1.54) is 0 Å². The highest BCUT2D eigenvalue weighted by molar-refractivity contribution is 7.99. The van der Waals surface area contributed by atoms with Crippen molar-refractivity contribution in [1.82, 2.24) is 29.9 Å². The summed E-state index contributed by atoms with van der Waals surface area (Å²) in [5.41, 5.74) is 1.95. The minimum Gasteiger partial charge on any atom is -0.339 e. The van der Waals surface area contributed by atoms with Crippen LogP contribution in [0.3, 0.4) is 0 Å². The molecule has 7 nitrogen and oxygen atoms in total. The molecule has 1 aromatic carbocycles. The molecule has 0 saturated carbocycles. The van der Waals surface area contributed by atoms with Gasteiger partial charge in [0.05, 0.1) is 4.88 Å². The quantitative estimate of drug-likeness (QED) is 0.240. The smallest absolute Gasteiger partial charge is 0.226 e. The van der Waals surface area contributed by atoms with E-state index in [9.17, 15) is 0 Å². The molecule has 0 spiro atoms. The van der Waals surface area contributed by atoms with Crippen LogP contribution in [0.25, 0.3) is 27.8 Å². The second-order valence-electron chi connectivity index (χ2n) is 6.65. The standard InChI is InChI=1S/C22H18N6OS2/c1-2-6-17(7-3-1)28-21(18-8-4-14-30-18)25-26-22(28)31-15-5-9-19-24-20(27-29-19)16-10-12-23-13-11-16/h1-4,6-8,10-14H,5,9,15H2. The van der Waals surface area contributed by atoms with Crippen molar-refractivity contribution in [2.24, 2.45) is 0 Å². The molecule has 5 rings (SSSR count). The van der Waals surface area contributed by atoms with E-state index in [0.717, 1.165) is 39.3 Å². The van der Waals surface area contributed by atoms with Crippen LogP contribution in [-0.4, -0.2) is 35.6 Å². The van der Waals surface area contributed by atoms with Crippen molar-refractivity contribution in [1.29, 1.82) is 0 Å². The lowest BCUT2D eigenvalue weighted by atomic mass is 10.2.